The molecule has 3 rings (SSSR count). The van der Waals surface area contributed by atoms with Gasteiger partial charge in [0, 0.05) is 23.2 Å². The van der Waals surface area contributed by atoms with Gasteiger partial charge in [0.1, 0.15) is 11.5 Å². The molecule has 0 spiro atoms. The van der Waals surface area contributed by atoms with E-state index in [1.807, 2.05) is 44.2 Å². The van der Waals surface area contributed by atoms with Crippen LogP contribution in [0.15, 0.2) is 36.4 Å². The molecule has 0 saturated carbocycles. The van der Waals surface area contributed by atoms with E-state index < -0.39 is 0 Å². The molecule has 0 aliphatic carbocycles. The fourth-order valence-electron chi connectivity index (χ4n) is 2.67. The minimum absolute atomic E-state index is 0.223. The summed E-state index contributed by atoms with van der Waals surface area (Å²) < 4.78 is 5.68. The summed E-state index contributed by atoms with van der Waals surface area (Å²) in [4.78, 5) is 0. The molecular weight excluding hydrogens is 250 g/mol. The van der Waals surface area contributed by atoms with Crippen LogP contribution < -0.4 is 10.1 Å². The normalized spacial score (nSPS) is 17.2. The summed E-state index contributed by atoms with van der Waals surface area (Å²) >= 11 is 0. The Bertz CT molecular complexity index is 637. The van der Waals surface area contributed by atoms with Crippen LogP contribution in [0, 0.1) is 13.8 Å². The van der Waals surface area contributed by atoms with E-state index in [0.29, 0.717) is 12.4 Å². The number of nitrogens with one attached hydrogen (secondary N) is 1. The summed E-state index contributed by atoms with van der Waals surface area (Å²) in [5.41, 5.74) is 3.96. The van der Waals surface area contributed by atoms with Crippen molar-refractivity contribution in [3.8, 4) is 11.5 Å². The van der Waals surface area contributed by atoms with Crippen LogP contribution in [0.25, 0.3) is 0 Å². The third-order valence-corrected chi connectivity index (χ3v) is 3.92. The van der Waals surface area contributed by atoms with E-state index in [1.165, 1.54) is 5.56 Å². The maximum atomic E-state index is 10.0. The van der Waals surface area contributed by atoms with Crippen LogP contribution in [0.2, 0.25) is 0 Å². The van der Waals surface area contributed by atoms with E-state index in [-0.39, 0.29) is 6.04 Å². The van der Waals surface area contributed by atoms with Crippen LogP contribution in [0.3, 0.4) is 0 Å². The van der Waals surface area contributed by atoms with E-state index in [4.69, 9.17) is 4.74 Å². The van der Waals surface area contributed by atoms with Gasteiger partial charge < -0.3 is 15.2 Å². The van der Waals surface area contributed by atoms with Gasteiger partial charge in [0.2, 0.25) is 0 Å². The van der Waals surface area contributed by atoms with Crippen molar-refractivity contribution in [2.45, 2.75) is 26.3 Å². The van der Waals surface area contributed by atoms with Crippen molar-refractivity contribution in [1.82, 2.24) is 0 Å². The molecule has 1 aliphatic heterocycles. The van der Waals surface area contributed by atoms with Crippen LogP contribution in [-0.2, 0) is 0 Å². The summed E-state index contributed by atoms with van der Waals surface area (Å²) in [6.07, 6.45) is 0.922. The molecule has 2 N–H and O–H groups in total. The molecule has 2 aromatic carbocycles. The highest BCUT2D eigenvalue weighted by Gasteiger charge is 2.21. The highest BCUT2D eigenvalue weighted by Crippen LogP contribution is 2.36. The molecule has 1 aliphatic rings. The highest BCUT2D eigenvalue weighted by molar-refractivity contribution is 5.60. The lowest BCUT2D eigenvalue weighted by Crippen LogP contribution is -2.20. The molecule has 0 fully saturated rings. The number of ether oxygens (including phenoxy) is 1. The van der Waals surface area contributed by atoms with Gasteiger partial charge in [0.15, 0.2) is 0 Å². The van der Waals surface area contributed by atoms with Crippen molar-refractivity contribution < 1.29 is 9.84 Å². The zero-order valence-electron chi connectivity index (χ0n) is 11.8. The summed E-state index contributed by atoms with van der Waals surface area (Å²) in [7, 11) is 0. The Labute approximate surface area is 119 Å². The number of hydrogen-bond donors (Lipinski definition) is 2. The van der Waals surface area contributed by atoms with Crippen LogP contribution in [-0.4, -0.2) is 11.7 Å². The van der Waals surface area contributed by atoms with Crippen molar-refractivity contribution in [2.75, 3.05) is 11.9 Å². The first-order valence-corrected chi connectivity index (χ1v) is 6.94. The summed E-state index contributed by atoms with van der Waals surface area (Å²) in [6.45, 7) is 4.57. The second-order valence-electron chi connectivity index (χ2n) is 5.28. The zero-order chi connectivity index (χ0) is 14.1. The zero-order valence-corrected chi connectivity index (χ0v) is 11.8. The van der Waals surface area contributed by atoms with Gasteiger partial charge in [-0.1, -0.05) is 24.3 Å². The molecule has 3 nitrogen and oxygen atoms in total. The van der Waals surface area contributed by atoms with E-state index in [1.54, 1.807) is 0 Å². The fraction of sp³-hybridized carbons (Fsp3) is 0.294. The molecular formula is C17H19NO2. The number of aryl methyl sites for hydroxylation is 1. The average molecular weight is 269 g/mol. The molecule has 0 saturated heterocycles. The number of para-hydroxylation sites is 1. The Hall–Kier alpha value is -2.16. The number of benzene rings is 2. The molecule has 1 heterocycles. The molecule has 104 valence electrons. The minimum Gasteiger partial charge on any atom is -0.507 e. The molecule has 0 aromatic heterocycles. The standard InChI is InChI=1S/C17H19NO2/c1-11-7-8-14(12(2)17(11)19)18-15-9-10-20-16-6-4-3-5-13(15)16/h3-8,15,18-19H,9-10H2,1-2H3. The van der Waals surface area contributed by atoms with Crippen LogP contribution >= 0.6 is 0 Å². The van der Waals surface area contributed by atoms with E-state index in [0.717, 1.165) is 29.0 Å². The molecule has 0 bridgehead atoms. The quantitative estimate of drug-likeness (QED) is 0.867. The van der Waals surface area contributed by atoms with Crippen molar-refractivity contribution in [1.29, 1.82) is 0 Å². The molecule has 0 amide bonds. The largest absolute Gasteiger partial charge is 0.507 e. The summed E-state index contributed by atoms with van der Waals surface area (Å²) in [5.74, 6) is 1.32. The van der Waals surface area contributed by atoms with E-state index in [2.05, 4.69) is 11.4 Å². The summed E-state index contributed by atoms with van der Waals surface area (Å²) in [6, 6.07) is 12.3. The van der Waals surface area contributed by atoms with E-state index >= 15 is 0 Å². The van der Waals surface area contributed by atoms with Gasteiger partial charge in [-0.05, 0) is 31.5 Å². The van der Waals surface area contributed by atoms with E-state index in [9.17, 15) is 5.11 Å². The number of anilines is 1. The van der Waals surface area contributed by atoms with Crippen molar-refractivity contribution in [3.05, 3.63) is 53.1 Å². The number of phenolic OH excluding ortho intramolecular Hbond substituents is 1. The van der Waals surface area contributed by atoms with Gasteiger partial charge in [-0.25, -0.2) is 0 Å². The first kappa shape index (κ1) is 12.9. The SMILES string of the molecule is Cc1ccc(NC2CCOc3ccccc32)c(C)c1O. The smallest absolute Gasteiger partial charge is 0.124 e. The molecule has 0 radical (unpaired) electrons. The monoisotopic (exact) mass is 269 g/mol. The first-order chi connectivity index (χ1) is 9.66. The Morgan fingerprint density at radius 1 is 1.15 bits per heavy atom. The number of aromatic hydroxyl groups is 1. The Morgan fingerprint density at radius 2 is 1.95 bits per heavy atom. The lowest BCUT2D eigenvalue weighted by atomic mass is 9.99. The maximum Gasteiger partial charge on any atom is 0.124 e. The van der Waals surface area contributed by atoms with Gasteiger partial charge in [-0.2, -0.15) is 0 Å². The number of fused-ring (bicyclic) bond motifs is 1. The Morgan fingerprint density at radius 3 is 2.80 bits per heavy atom. The van der Waals surface area contributed by atoms with Crippen LogP contribution in [0.5, 0.6) is 11.5 Å². The lowest BCUT2D eigenvalue weighted by molar-refractivity contribution is 0.274. The number of phenols is 1. The molecule has 20 heavy (non-hydrogen) atoms. The topological polar surface area (TPSA) is 41.5 Å². The maximum absolute atomic E-state index is 10.0. The predicted molar refractivity (Wildman–Crippen MR) is 80.5 cm³/mol. The van der Waals surface area contributed by atoms with Gasteiger partial charge in [-0.3, -0.25) is 0 Å². The third-order valence-electron chi connectivity index (χ3n) is 3.92. The van der Waals surface area contributed by atoms with Gasteiger partial charge in [0.05, 0.1) is 12.6 Å². The highest BCUT2D eigenvalue weighted by atomic mass is 16.5. The molecule has 1 atom stereocenters. The first-order valence-electron chi connectivity index (χ1n) is 6.94. The van der Waals surface area contributed by atoms with Gasteiger partial charge >= 0.3 is 0 Å². The Balaban J connectivity index is 1.92. The Kier molecular flexibility index (Phi) is 3.26. The van der Waals surface area contributed by atoms with Gasteiger partial charge in [-0.15, -0.1) is 0 Å². The number of rotatable bonds is 2. The predicted octanol–water partition coefficient (Wildman–Crippen LogP) is 3.94. The van der Waals surface area contributed by atoms with Crippen molar-refractivity contribution in [2.24, 2.45) is 0 Å². The fourth-order valence-corrected chi connectivity index (χ4v) is 2.67. The van der Waals surface area contributed by atoms with Crippen molar-refractivity contribution >= 4 is 5.69 Å². The van der Waals surface area contributed by atoms with Gasteiger partial charge in [0.25, 0.3) is 0 Å². The van der Waals surface area contributed by atoms with Crippen LogP contribution in [0.1, 0.15) is 29.2 Å². The second-order valence-corrected chi connectivity index (χ2v) is 5.28. The van der Waals surface area contributed by atoms with Crippen LogP contribution in [0.4, 0.5) is 5.69 Å². The van der Waals surface area contributed by atoms with Crippen molar-refractivity contribution in [3.63, 3.8) is 0 Å². The average Bonchev–Trinajstić information content (AvgIpc) is 2.48. The molecule has 2 aromatic rings. The minimum atomic E-state index is 0.223. The molecule has 1 unspecified atom stereocenters. The lowest BCUT2D eigenvalue weighted by Gasteiger charge is -2.28. The number of hydrogen-bond acceptors (Lipinski definition) is 3. The second kappa shape index (κ2) is 5.08. The third kappa shape index (κ3) is 2.20. The molecule has 3 heteroatoms. The summed E-state index contributed by atoms with van der Waals surface area (Å²) in [5, 5.41) is 13.6.